The zero-order valence-corrected chi connectivity index (χ0v) is 15.8. The molecule has 5 rings (SSSR count). The fraction of sp³-hybridized carbons (Fsp3) is 0.100. The fourth-order valence-corrected chi connectivity index (χ4v) is 3.44. The Bertz CT molecular complexity index is 1400. The van der Waals surface area contributed by atoms with Crippen LogP contribution < -0.4 is 10.6 Å². The Morgan fingerprint density at radius 1 is 1.03 bits per heavy atom. The zero-order valence-electron chi connectivity index (χ0n) is 15.0. The number of aromatic nitrogens is 4. The Labute approximate surface area is 171 Å². The molecular weight excluding hydrogens is 419 g/mol. The summed E-state index contributed by atoms with van der Waals surface area (Å²) >= 11 is 6.15. The van der Waals surface area contributed by atoms with Crippen molar-refractivity contribution in [1.29, 1.82) is 0 Å². The van der Waals surface area contributed by atoms with Crippen LogP contribution in [0.4, 0.5) is 13.2 Å². The number of nitrogens with zero attached hydrogens (tertiary/aromatic N) is 5. The summed E-state index contributed by atoms with van der Waals surface area (Å²) in [4.78, 5) is 12.8. The normalized spacial score (nSPS) is 15.8. The molecular formula is C20H11ClF3N5O. The molecule has 4 heterocycles. The lowest BCUT2D eigenvalue weighted by atomic mass is 10.1. The number of hydrogen-bond donors (Lipinski definition) is 0. The summed E-state index contributed by atoms with van der Waals surface area (Å²) in [5, 5.41) is 5.92. The number of fused-ring (bicyclic) bond motifs is 3. The minimum absolute atomic E-state index is 0.0520. The van der Waals surface area contributed by atoms with Gasteiger partial charge in [-0.25, -0.2) is 14.7 Å². The van der Waals surface area contributed by atoms with Crippen LogP contribution in [0, 0.1) is 0 Å². The summed E-state index contributed by atoms with van der Waals surface area (Å²) < 4.78 is 46.8. The second-order valence-corrected chi connectivity index (χ2v) is 6.88. The first-order valence-electron chi connectivity index (χ1n) is 8.77. The van der Waals surface area contributed by atoms with E-state index in [4.69, 9.17) is 16.3 Å². The highest BCUT2D eigenvalue weighted by Crippen LogP contribution is 2.33. The molecule has 0 fully saturated rings. The van der Waals surface area contributed by atoms with Gasteiger partial charge in [0.25, 0.3) is 0 Å². The van der Waals surface area contributed by atoms with Gasteiger partial charge in [-0.3, -0.25) is 4.98 Å². The third-order valence-electron chi connectivity index (χ3n) is 4.59. The van der Waals surface area contributed by atoms with Gasteiger partial charge >= 0.3 is 6.18 Å². The Hall–Kier alpha value is -3.46. The van der Waals surface area contributed by atoms with E-state index in [1.165, 1.54) is 18.5 Å². The number of benzene rings is 1. The molecule has 1 aliphatic rings. The molecule has 1 atom stereocenters. The summed E-state index contributed by atoms with van der Waals surface area (Å²) in [6.45, 7) is 0. The van der Waals surface area contributed by atoms with Gasteiger partial charge in [-0.1, -0.05) is 17.7 Å². The topological polar surface area (TPSA) is 65.2 Å². The van der Waals surface area contributed by atoms with E-state index in [1.807, 2.05) is 6.07 Å². The predicted octanol–water partition coefficient (Wildman–Crippen LogP) is 3.57. The quantitative estimate of drug-likeness (QED) is 0.488. The zero-order chi connectivity index (χ0) is 20.9. The Kier molecular flexibility index (Phi) is 4.21. The maximum Gasteiger partial charge on any atom is 0.435 e. The SMILES string of the molecule is FC(F)(F)c1cc(C2N=c3ccc4ncccc4c3=CO2)n(-c2ncccc2Cl)n1. The number of hydrogen-bond acceptors (Lipinski definition) is 5. The molecule has 1 unspecified atom stereocenters. The van der Waals surface area contributed by atoms with Gasteiger partial charge in [-0.15, -0.1) is 0 Å². The smallest absolute Gasteiger partial charge is 0.435 e. The van der Waals surface area contributed by atoms with Crippen molar-refractivity contribution in [2.45, 2.75) is 12.4 Å². The minimum Gasteiger partial charge on any atom is -0.470 e. The first-order valence-corrected chi connectivity index (χ1v) is 9.15. The molecule has 1 aliphatic heterocycles. The first-order chi connectivity index (χ1) is 14.4. The summed E-state index contributed by atoms with van der Waals surface area (Å²) in [6, 6.07) is 11.2. The lowest BCUT2D eigenvalue weighted by molar-refractivity contribution is -0.141. The minimum atomic E-state index is -4.65. The number of pyridine rings is 2. The average Bonchev–Trinajstić information content (AvgIpc) is 3.19. The molecule has 0 radical (unpaired) electrons. The van der Waals surface area contributed by atoms with E-state index in [2.05, 4.69) is 20.1 Å². The third-order valence-corrected chi connectivity index (χ3v) is 4.89. The molecule has 1 aromatic carbocycles. The lowest BCUT2D eigenvalue weighted by Crippen LogP contribution is -2.31. The Morgan fingerprint density at radius 2 is 1.83 bits per heavy atom. The monoisotopic (exact) mass is 429 g/mol. The van der Waals surface area contributed by atoms with E-state index in [9.17, 15) is 13.2 Å². The van der Waals surface area contributed by atoms with Crippen LogP contribution in [0.15, 0.2) is 59.9 Å². The van der Waals surface area contributed by atoms with Crippen LogP contribution in [0.1, 0.15) is 17.6 Å². The maximum atomic E-state index is 13.4. The maximum absolute atomic E-state index is 13.4. The van der Waals surface area contributed by atoms with Gasteiger partial charge in [0.15, 0.2) is 11.5 Å². The highest BCUT2D eigenvalue weighted by molar-refractivity contribution is 6.32. The van der Waals surface area contributed by atoms with Crippen molar-refractivity contribution in [2.24, 2.45) is 4.99 Å². The van der Waals surface area contributed by atoms with Gasteiger partial charge in [0.2, 0.25) is 6.23 Å². The molecule has 0 amide bonds. The van der Waals surface area contributed by atoms with E-state index in [0.29, 0.717) is 10.6 Å². The van der Waals surface area contributed by atoms with Crippen LogP contribution in [-0.4, -0.2) is 19.7 Å². The average molecular weight is 430 g/mol. The van der Waals surface area contributed by atoms with Crippen LogP contribution >= 0.6 is 11.6 Å². The van der Waals surface area contributed by atoms with Crippen LogP contribution in [0.2, 0.25) is 5.02 Å². The first kappa shape index (κ1) is 18.6. The predicted molar refractivity (Wildman–Crippen MR) is 102 cm³/mol. The summed E-state index contributed by atoms with van der Waals surface area (Å²) in [6.07, 6.45) is -1.15. The summed E-state index contributed by atoms with van der Waals surface area (Å²) in [7, 11) is 0. The summed E-state index contributed by atoms with van der Waals surface area (Å²) in [5.74, 6) is 0.0528. The molecule has 150 valence electrons. The molecule has 0 N–H and O–H groups in total. The fourth-order valence-electron chi connectivity index (χ4n) is 3.24. The molecule has 4 aromatic rings. The van der Waals surface area contributed by atoms with E-state index in [1.54, 1.807) is 30.5 Å². The molecule has 30 heavy (non-hydrogen) atoms. The molecule has 0 bridgehead atoms. The van der Waals surface area contributed by atoms with Gasteiger partial charge in [0, 0.05) is 23.0 Å². The molecule has 0 saturated carbocycles. The van der Waals surface area contributed by atoms with Crippen molar-refractivity contribution >= 4 is 28.8 Å². The van der Waals surface area contributed by atoms with Gasteiger partial charge in [0.1, 0.15) is 5.69 Å². The molecule has 3 aromatic heterocycles. The van der Waals surface area contributed by atoms with Crippen LogP contribution in [-0.2, 0) is 10.9 Å². The molecule has 0 saturated heterocycles. The molecule has 6 nitrogen and oxygen atoms in total. The third kappa shape index (κ3) is 3.07. The van der Waals surface area contributed by atoms with Crippen molar-refractivity contribution in [1.82, 2.24) is 19.7 Å². The number of alkyl halides is 3. The number of rotatable bonds is 2. The second kappa shape index (κ2) is 6.81. The van der Waals surface area contributed by atoms with Crippen molar-refractivity contribution in [3.8, 4) is 5.82 Å². The molecule has 10 heteroatoms. The Balaban J connectivity index is 1.69. The van der Waals surface area contributed by atoms with E-state index in [-0.39, 0.29) is 16.5 Å². The van der Waals surface area contributed by atoms with Gasteiger partial charge in [-0.05, 0) is 36.4 Å². The standard InChI is InChI=1S/C20H11ClF3N5O/c21-13-4-2-8-26-18(13)29-16(9-17(28-29)20(22,23)24)19-27-15-6-5-14-11(3-1-7-25-14)12(15)10-30-19/h1-10,19H. The number of halogens is 4. The van der Waals surface area contributed by atoms with Crippen LogP contribution in [0.5, 0.6) is 0 Å². The van der Waals surface area contributed by atoms with Crippen molar-refractivity contribution in [2.75, 3.05) is 0 Å². The van der Waals surface area contributed by atoms with Gasteiger partial charge in [0.05, 0.1) is 22.2 Å². The van der Waals surface area contributed by atoms with Crippen LogP contribution in [0.25, 0.3) is 23.0 Å². The largest absolute Gasteiger partial charge is 0.470 e. The van der Waals surface area contributed by atoms with E-state index >= 15 is 0 Å². The van der Waals surface area contributed by atoms with Crippen LogP contribution in [0.3, 0.4) is 0 Å². The highest BCUT2D eigenvalue weighted by Gasteiger charge is 2.37. The van der Waals surface area contributed by atoms with Crippen molar-refractivity contribution in [3.05, 3.63) is 81.8 Å². The number of ether oxygens (including phenoxy) is 1. The van der Waals surface area contributed by atoms with Gasteiger partial charge < -0.3 is 4.74 Å². The highest BCUT2D eigenvalue weighted by atomic mass is 35.5. The van der Waals surface area contributed by atoms with Gasteiger partial charge in [-0.2, -0.15) is 18.3 Å². The van der Waals surface area contributed by atoms with Crippen molar-refractivity contribution in [3.63, 3.8) is 0 Å². The van der Waals surface area contributed by atoms with Crippen molar-refractivity contribution < 1.29 is 17.9 Å². The Morgan fingerprint density at radius 3 is 2.63 bits per heavy atom. The van der Waals surface area contributed by atoms with E-state index in [0.717, 1.165) is 21.7 Å². The molecule has 0 spiro atoms. The summed E-state index contributed by atoms with van der Waals surface area (Å²) in [5.41, 5.74) is -0.281. The molecule has 0 aliphatic carbocycles. The lowest BCUT2D eigenvalue weighted by Gasteiger charge is -2.17. The second-order valence-electron chi connectivity index (χ2n) is 6.48. The van der Waals surface area contributed by atoms with E-state index < -0.39 is 18.1 Å².